The molecular weight excluding hydrogens is 225 g/mol. The highest BCUT2D eigenvalue weighted by Crippen LogP contribution is 2.30. The van der Waals surface area contributed by atoms with Crippen molar-refractivity contribution in [3.05, 3.63) is 29.6 Å². The zero-order valence-electron chi connectivity index (χ0n) is 9.31. The molecule has 1 aromatic carbocycles. The van der Waals surface area contributed by atoms with Gasteiger partial charge in [0.25, 0.3) is 0 Å². The van der Waals surface area contributed by atoms with Gasteiger partial charge in [0.15, 0.2) is 0 Å². The molecule has 90 valence electrons. The van der Waals surface area contributed by atoms with Crippen molar-refractivity contribution in [3.63, 3.8) is 0 Å². The van der Waals surface area contributed by atoms with E-state index in [2.05, 4.69) is 0 Å². The zero-order valence-corrected chi connectivity index (χ0v) is 9.31. The van der Waals surface area contributed by atoms with Crippen molar-refractivity contribution in [1.29, 1.82) is 0 Å². The molecule has 1 N–H and O–H groups in total. The third kappa shape index (κ3) is 2.00. The molecule has 5 heteroatoms. The number of aliphatic carboxylic acids is 1. The summed E-state index contributed by atoms with van der Waals surface area (Å²) in [6, 6.07) is 3.14. The van der Waals surface area contributed by atoms with E-state index in [0.29, 0.717) is 12.1 Å². The Kier molecular flexibility index (Phi) is 2.83. The summed E-state index contributed by atoms with van der Waals surface area (Å²) in [7, 11) is 0. The van der Waals surface area contributed by atoms with Gasteiger partial charge < -0.3 is 5.11 Å². The predicted molar refractivity (Wildman–Crippen MR) is 59.3 cm³/mol. The van der Waals surface area contributed by atoms with Crippen LogP contribution in [-0.4, -0.2) is 23.0 Å². The minimum atomic E-state index is -1.10. The minimum Gasteiger partial charge on any atom is -0.480 e. The predicted octanol–water partition coefficient (Wildman–Crippen LogP) is 1.58. The van der Waals surface area contributed by atoms with Crippen molar-refractivity contribution in [1.82, 2.24) is 0 Å². The number of carboxylic acid groups (broad SMARTS) is 1. The fraction of sp³-hybridized carbons (Fsp3) is 0.333. The molecule has 0 radical (unpaired) electrons. The Balaban J connectivity index is 2.49. The van der Waals surface area contributed by atoms with E-state index in [1.165, 1.54) is 19.1 Å². The molecule has 0 saturated carbocycles. The molecular formula is C12H12FNO3. The average molecular weight is 237 g/mol. The van der Waals surface area contributed by atoms with Crippen LogP contribution in [0.5, 0.6) is 0 Å². The van der Waals surface area contributed by atoms with E-state index in [1.807, 2.05) is 0 Å². The highest BCUT2D eigenvalue weighted by molar-refractivity contribution is 6.01. The van der Waals surface area contributed by atoms with Crippen molar-refractivity contribution < 1.29 is 19.1 Å². The molecule has 1 unspecified atom stereocenters. The number of benzene rings is 1. The quantitative estimate of drug-likeness (QED) is 0.849. The molecule has 0 aromatic heterocycles. The Morgan fingerprint density at radius 1 is 1.47 bits per heavy atom. The van der Waals surface area contributed by atoms with Crippen molar-refractivity contribution in [2.24, 2.45) is 0 Å². The van der Waals surface area contributed by atoms with Gasteiger partial charge in [-0.1, -0.05) is 6.07 Å². The largest absolute Gasteiger partial charge is 0.480 e. The summed E-state index contributed by atoms with van der Waals surface area (Å²) in [6.45, 7) is 1.42. The van der Waals surface area contributed by atoms with Crippen molar-refractivity contribution in [2.75, 3.05) is 4.90 Å². The maximum absolute atomic E-state index is 13.2. The number of anilines is 1. The SMILES string of the molecule is CC(C(=O)O)N1C(=O)CCc2ccc(F)cc21. The molecule has 2 rings (SSSR count). The number of carbonyl (C=O) groups is 2. The van der Waals surface area contributed by atoms with Gasteiger partial charge in [0.1, 0.15) is 11.9 Å². The van der Waals surface area contributed by atoms with Crippen LogP contribution in [0.25, 0.3) is 0 Å². The monoisotopic (exact) mass is 237 g/mol. The van der Waals surface area contributed by atoms with Crippen LogP contribution in [0.3, 0.4) is 0 Å². The first kappa shape index (κ1) is 11.6. The molecule has 0 aliphatic carbocycles. The normalized spacial score (nSPS) is 16.6. The summed E-state index contributed by atoms with van der Waals surface area (Å²) in [5.41, 5.74) is 1.18. The Hall–Kier alpha value is -1.91. The van der Waals surface area contributed by atoms with E-state index in [4.69, 9.17) is 5.11 Å². The molecule has 0 spiro atoms. The van der Waals surface area contributed by atoms with E-state index >= 15 is 0 Å². The molecule has 0 fully saturated rings. The van der Waals surface area contributed by atoms with E-state index in [0.717, 1.165) is 10.5 Å². The summed E-state index contributed by atoms with van der Waals surface area (Å²) in [4.78, 5) is 23.9. The maximum Gasteiger partial charge on any atom is 0.326 e. The van der Waals surface area contributed by atoms with Gasteiger partial charge >= 0.3 is 5.97 Å². The first-order chi connectivity index (χ1) is 8.00. The van der Waals surface area contributed by atoms with Crippen LogP contribution in [0.2, 0.25) is 0 Å². The average Bonchev–Trinajstić information content (AvgIpc) is 2.27. The van der Waals surface area contributed by atoms with Gasteiger partial charge in [-0.25, -0.2) is 9.18 Å². The lowest BCUT2D eigenvalue weighted by Gasteiger charge is -2.32. The van der Waals surface area contributed by atoms with Gasteiger partial charge in [-0.05, 0) is 31.0 Å². The lowest BCUT2D eigenvalue weighted by atomic mass is 9.99. The van der Waals surface area contributed by atoms with Gasteiger partial charge in [0, 0.05) is 6.42 Å². The Labute approximate surface area is 97.7 Å². The van der Waals surface area contributed by atoms with Crippen molar-refractivity contribution >= 4 is 17.6 Å². The number of nitrogens with zero attached hydrogens (tertiary/aromatic N) is 1. The van der Waals surface area contributed by atoms with E-state index < -0.39 is 17.8 Å². The fourth-order valence-corrected chi connectivity index (χ4v) is 2.00. The van der Waals surface area contributed by atoms with E-state index in [-0.39, 0.29) is 12.3 Å². The summed E-state index contributed by atoms with van der Waals surface area (Å²) >= 11 is 0. The number of hydrogen-bond donors (Lipinski definition) is 1. The number of fused-ring (bicyclic) bond motifs is 1. The van der Waals surface area contributed by atoms with Gasteiger partial charge in [0.2, 0.25) is 5.91 Å². The van der Waals surface area contributed by atoms with Crippen LogP contribution in [-0.2, 0) is 16.0 Å². The number of amides is 1. The number of carbonyl (C=O) groups excluding carboxylic acids is 1. The minimum absolute atomic E-state index is 0.260. The molecule has 0 bridgehead atoms. The Bertz CT molecular complexity index is 487. The second kappa shape index (κ2) is 4.16. The summed E-state index contributed by atoms with van der Waals surface area (Å²) < 4.78 is 13.2. The molecule has 1 amide bonds. The standard InChI is InChI=1S/C12H12FNO3/c1-7(12(16)17)14-10-6-9(13)4-2-8(10)3-5-11(14)15/h2,4,6-7H,3,5H2,1H3,(H,16,17). The number of carboxylic acids is 1. The molecule has 1 aliphatic heterocycles. The highest BCUT2D eigenvalue weighted by atomic mass is 19.1. The zero-order chi connectivity index (χ0) is 12.6. The van der Waals surface area contributed by atoms with Crippen LogP contribution in [0, 0.1) is 5.82 Å². The molecule has 4 nitrogen and oxygen atoms in total. The van der Waals surface area contributed by atoms with Crippen LogP contribution in [0.1, 0.15) is 18.9 Å². The fourth-order valence-electron chi connectivity index (χ4n) is 2.00. The summed E-state index contributed by atoms with van der Waals surface area (Å²) in [5.74, 6) is -1.85. The number of halogens is 1. The van der Waals surface area contributed by atoms with Gasteiger partial charge in [-0.15, -0.1) is 0 Å². The van der Waals surface area contributed by atoms with Crippen molar-refractivity contribution in [3.8, 4) is 0 Å². The topological polar surface area (TPSA) is 57.6 Å². The molecule has 17 heavy (non-hydrogen) atoms. The Morgan fingerprint density at radius 2 is 2.18 bits per heavy atom. The Morgan fingerprint density at radius 3 is 2.82 bits per heavy atom. The molecule has 1 atom stereocenters. The van der Waals surface area contributed by atoms with Gasteiger partial charge in [-0.2, -0.15) is 0 Å². The van der Waals surface area contributed by atoms with Gasteiger partial charge in [0.05, 0.1) is 5.69 Å². The van der Waals surface area contributed by atoms with E-state index in [9.17, 15) is 14.0 Å². The third-order valence-corrected chi connectivity index (χ3v) is 2.93. The third-order valence-electron chi connectivity index (χ3n) is 2.93. The van der Waals surface area contributed by atoms with Crippen molar-refractivity contribution in [2.45, 2.75) is 25.8 Å². The number of hydrogen-bond acceptors (Lipinski definition) is 2. The highest BCUT2D eigenvalue weighted by Gasteiger charge is 2.31. The molecule has 1 aliphatic rings. The second-order valence-corrected chi connectivity index (χ2v) is 4.05. The summed E-state index contributed by atoms with van der Waals surface area (Å²) in [5, 5.41) is 8.96. The van der Waals surface area contributed by atoms with Gasteiger partial charge in [-0.3, -0.25) is 9.69 Å². The molecule has 1 aromatic rings. The lowest BCUT2D eigenvalue weighted by Crippen LogP contribution is -2.45. The maximum atomic E-state index is 13.2. The number of aryl methyl sites for hydroxylation is 1. The first-order valence-corrected chi connectivity index (χ1v) is 5.34. The molecule has 0 saturated heterocycles. The van der Waals surface area contributed by atoms with Crippen LogP contribution >= 0.6 is 0 Å². The lowest BCUT2D eigenvalue weighted by molar-refractivity contribution is -0.139. The van der Waals surface area contributed by atoms with Crippen LogP contribution in [0.15, 0.2) is 18.2 Å². The van der Waals surface area contributed by atoms with E-state index in [1.54, 1.807) is 6.07 Å². The van der Waals surface area contributed by atoms with Crippen LogP contribution in [0.4, 0.5) is 10.1 Å². The smallest absolute Gasteiger partial charge is 0.326 e. The number of rotatable bonds is 2. The first-order valence-electron chi connectivity index (χ1n) is 5.34. The van der Waals surface area contributed by atoms with Crippen LogP contribution < -0.4 is 4.90 Å². The second-order valence-electron chi connectivity index (χ2n) is 4.05. The molecule has 1 heterocycles. The summed E-state index contributed by atoms with van der Waals surface area (Å²) in [6.07, 6.45) is 0.785.